The third-order valence-corrected chi connectivity index (χ3v) is 4.74. The molecule has 25 heavy (non-hydrogen) atoms. The zero-order chi connectivity index (χ0) is 18.4. The second kappa shape index (κ2) is 7.75. The number of hydrogen-bond donors (Lipinski definition) is 2. The Labute approximate surface area is 146 Å². The van der Waals surface area contributed by atoms with Gasteiger partial charge in [0.2, 0.25) is 10.0 Å². The summed E-state index contributed by atoms with van der Waals surface area (Å²) in [4.78, 5) is 23.6. The summed E-state index contributed by atoms with van der Waals surface area (Å²) in [5, 5.41) is 2.66. The third-order valence-electron chi connectivity index (χ3n) is 3.32. The number of nitrogens with one attached hydrogen (secondary N) is 2. The van der Waals surface area contributed by atoms with Gasteiger partial charge in [0.1, 0.15) is 0 Å². The maximum absolute atomic E-state index is 12.2. The van der Waals surface area contributed by atoms with E-state index in [0.717, 1.165) is 0 Å². The van der Waals surface area contributed by atoms with Crippen LogP contribution in [0.2, 0.25) is 0 Å². The van der Waals surface area contributed by atoms with Gasteiger partial charge in [0.25, 0.3) is 5.91 Å². The molecule has 2 rings (SSSR count). The van der Waals surface area contributed by atoms with E-state index in [9.17, 15) is 18.0 Å². The number of terminal acetylenes is 1. The lowest BCUT2D eigenvalue weighted by Gasteiger charge is -2.08. The number of carbonyl (C=O) groups is 2. The summed E-state index contributed by atoms with van der Waals surface area (Å²) >= 11 is 0. The lowest BCUT2D eigenvalue weighted by Crippen LogP contribution is -2.24. The average molecular weight is 356 g/mol. The van der Waals surface area contributed by atoms with Crippen molar-refractivity contribution in [2.24, 2.45) is 0 Å². The molecule has 7 heteroatoms. The molecule has 0 spiro atoms. The van der Waals surface area contributed by atoms with Crippen LogP contribution in [0.5, 0.6) is 0 Å². The van der Waals surface area contributed by atoms with Crippen molar-refractivity contribution in [3.63, 3.8) is 0 Å². The Bertz CT molecular complexity index is 942. The van der Waals surface area contributed by atoms with Crippen LogP contribution in [-0.2, 0) is 10.0 Å². The van der Waals surface area contributed by atoms with Crippen LogP contribution in [0.25, 0.3) is 0 Å². The largest absolute Gasteiger partial charge is 0.322 e. The predicted molar refractivity (Wildman–Crippen MR) is 94.9 cm³/mol. The van der Waals surface area contributed by atoms with Crippen LogP contribution in [0.3, 0.4) is 0 Å². The summed E-state index contributed by atoms with van der Waals surface area (Å²) in [6.07, 6.45) is 5.03. The third kappa shape index (κ3) is 4.76. The summed E-state index contributed by atoms with van der Waals surface area (Å²) in [6, 6.07) is 12.0. The minimum absolute atomic E-state index is 0.0119. The van der Waals surface area contributed by atoms with Crippen LogP contribution >= 0.6 is 0 Å². The molecule has 0 aliphatic rings. The van der Waals surface area contributed by atoms with Crippen LogP contribution in [0.15, 0.2) is 53.4 Å². The van der Waals surface area contributed by atoms with E-state index in [4.69, 9.17) is 6.42 Å². The lowest BCUT2D eigenvalue weighted by atomic mass is 10.1. The maximum Gasteiger partial charge on any atom is 0.255 e. The fraction of sp³-hybridized carbons (Fsp3) is 0.111. The number of rotatable bonds is 6. The molecule has 0 bridgehead atoms. The van der Waals surface area contributed by atoms with Crippen LogP contribution in [-0.4, -0.2) is 26.7 Å². The van der Waals surface area contributed by atoms with Gasteiger partial charge in [0.05, 0.1) is 11.4 Å². The van der Waals surface area contributed by atoms with E-state index in [1.807, 2.05) is 0 Å². The van der Waals surface area contributed by atoms with Crippen LogP contribution in [0, 0.1) is 12.3 Å². The molecule has 0 aliphatic heterocycles. The highest BCUT2D eigenvalue weighted by molar-refractivity contribution is 7.89. The minimum atomic E-state index is -3.70. The van der Waals surface area contributed by atoms with E-state index in [1.165, 1.54) is 31.2 Å². The Morgan fingerprint density at radius 3 is 2.36 bits per heavy atom. The van der Waals surface area contributed by atoms with Crippen LogP contribution in [0.4, 0.5) is 5.69 Å². The molecule has 2 aromatic rings. The normalized spacial score (nSPS) is 10.7. The highest BCUT2D eigenvalue weighted by Crippen LogP contribution is 2.15. The Hall–Kier alpha value is -2.95. The molecule has 0 aliphatic carbocycles. The van der Waals surface area contributed by atoms with Gasteiger partial charge >= 0.3 is 0 Å². The van der Waals surface area contributed by atoms with Gasteiger partial charge in [0, 0.05) is 16.8 Å². The number of sulfonamides is 1. The number of hydrogen-bond acceptors (Lipinski definition) is 4. The molecule has 1 amide bonds. The second-order valence-corrected chi connectivity index (χ2v) is 6.91. The standard InChI is InChI=1S/C18H16N2O4S/c1-3-11-19-25(23,24)17-9-7-14(8-10-17)18(22)20-16-6-4-5-15(12-16)13(2)21/h1,4-10,12,19H,11H2,2H3,(H,20,22). The lowest BCUT2D eigenvalue weighted by molar-refractivity contribution is 0.101. The second-order valence-electron chi connectivity index (χ2n) is 5.14. The van der Waals surface area contributed by atoms with Gasteiger partial charge in [-0.2, -0.15) is 4.72 Å². The Morgan fingerprint density at radius 1 is 1.08 bits per heavy atom. The highest BCUT2D eigenvalue weighted by atomic mass is 32.2. The average Bonchev–Trinajstić information content (AvgIpc) is 2.60. The van der Waals surface area contributed by atoms with Gasteiger partial charge in [-0.3, -0.25) is 9.59 Å². The van der Waals surface area contributed by atoms with E-state index in [2.05, 4.69) is 16.0 Å². The molecule has 0 radical (unpaired) electrons. The first-order valence-corrected chi connectivity index (χ1v) is 8.77. The molecule has 0 saturated carbocycles. The summed E-state index contributed by atoms with van der Waals surface area (Å²) in [5.74, 6) is 1.66. The van der Waals surface area contributed by atoms with Gasteiger partial charge in [0.15, 0.2) is 5.78 Å². The zero-order valence-electron chi connectivity index (χ0n) is 13.4. The maximum atomic E-state index is 12.2. The SMILES string of the molecule is C#CCNS(=O)(=O)c1ccc(C(=O)Nc2cccc(C(C)=O)c2)cc1. The fourth-order valence-electron chi connectivity index (χ4n) is 2.02. The van der Waals surface area contributed by atoms with Crippen molar-refractivity contribution in [3.05, 3.63) is 59.7 Å². The summed E-state index contributed by atoms with van der Waals surface area (Å²) in [7, 11) is -3.70. The summed E-state index contributed by atoms with van der Waals surface area (Å²) < 4.78 is 26.1. The minimum Gasteiger partial charge on any atom is -0.322 e. The predicted octanol–water partition coefficient (Wildman–Crippen LogP) is 2.05. The Morgan fingerprint density at radius 2 is 1.76 bits per heavy atom. The fourth-order valence-corrected chi connectivity index (χ4v) is 2.96. The molecule has 128 valence electrons. The smallest absolute Gasteiger partial charge is 0.255 e. The van der Waals surface area contributed by atoms with Crippen molar-refractivity contribution in [1.82, 2.24) is 4.72 Å². The Balaban J connectivity index is 2.14. The first kappa shape index (κ1) is 18.4. The number of benzene rings is 2. The van der Waals surface area contributed by atoms with E-state index in [1.54, 1.807) is 24.3 Å². The number of Topliss-reactive ketones (excluding diaryl/α,β-unsaturated/α-hetero) is 1. The quantitative estimate of drug-likeness (QED) is 0.612. The molecule has 6 nitrogen and oxygen atoms in total. The summed E-state index contributed by atoms with van der Waals surface area (Å²) in [5.41, 5.74) is 1.24. The molecule has 0 saturated heterocycles. The van der Waals surface area contributed by atoms with Crippen molar-refractivity contribution in [2.75, 3.05) is 11.9 Å². The van der Waals surface area contributed by atoms with Crippen molar-refractivity contribution < 1.29 is 18.0 Å². The molecular weight excluding hydrogens is 340 g/mol. The zero-order valence-corrected chi connectivity index (χ0v) is 14.3. The first-order valence-electron chi connectivity index (χ1n) is 7.29. The van der Waals surface area contributed by atoms with Gasteiger partial charge in [-0.15, -0.1) is 6.42 Å². The van der Waals surface area contributed by atoms with E-state index < -0.39 is 15.9 Å². The van der Waals surface area contributed by atoms with Crippen molar-refractivity contribution in [1.29, 1.82) is 0 Å². The van der Waals surface area contributed by atoms with Gasteiger partial charge in [-0.1, -0.05) is 18.1 Å². The monoisotopic (exact) mass is 356 g/mol. The van der Waals surface area contributed by atoms with Crippen molar-refractivity contribution in [3.8, 4) is 12.3 Å². The van der Waals surface area contributed by atoms with Gasteiger partial charge in [-0.05, 0) is 43.3 Å². The topological polar surface area (TPSA) is 92.3 Å². The molecule has 0 unspecified atom stereocenters. The first-order chi connectivity index (χ1) is 11.8. The molecule has 0 aromatic heterocycles. The highest BCUT2D eigenvalue weighted by Gasteiger charge is 2.14. The van der Waals surface area contributed by atoms with E-state index >= 15 is 0 Å². The molecule has 0 heterocycles. The van der Waals surface area contributed by atoms with E-state index in [0.29, 0.717) is 11.3 Å². The van der Waals surface area contributed by atoms with Crippen LogP contribution < -0.4 is 10.0 Å². The number of amides is 1. The van der Waals surface area contributed by atoms with Crippen molar-refractivity contribution in [2.45, 2.75) is 11.8 Å². The number of ketones is 1. The molecule has 2 aromatic carbocycles. The Kier molecular flexibility index (Phi) is 5.70. The molecular formula is C18H16N2O4S. The van der Waals surface area contributed by atoms with Gasteiger partial charge in [-0.25, -0.2) is 8.42 Å². The van der Waals surface area contributed by atoms with E-state index in [-0.39, 0.29) is 22.8 Å². The van der Waals surface area contributed by atoms with Crippen molar-refractivity contribution >= 4 is 27.4 Å². The number of carbonyl (C=O) groups excluding carboxylic acids is 2. The number of anilines is 1. The summed E-state index contributed by atoms with van der Waals surface area (Å²) in [6.45, 7) is 1.32. The van der Waals surface area contributed by atoms with Gasteiger partial charge < -0.3 is 5.32 Å². The molecule has 0 fully saturated rings. The molecule has 2 N–H and O–H groups in total. The van der Waals surface area contributed by atoms with Crippen LogP contribution in [0.1, 0.15) is 27.6 Å². The molecule has 0 atom stereocenters.